The van der Waals surface area contributed by atoms with Gasteiger partial charge in [-0.2, -0.15) is 0 Å². The van der Waals surface area contributed by atoms with Crippen molar-refractivity contribution in [3.63, 3.8) is 0 Å². The molecule has 21 heavy (non-hydrogen) atoms. The van der Waals surface area contributed by atoms with Crippen molar-refractivity contribution in [2.45, 2.75) is 24.4 Å². The fourth-order valence-corrected chi connectivity index (χ4v) is 2.94. The van der Waals surface area contributed by atoms with E-state index in [1.165, 1.54) is 22.2 Å². The Labute approximate surface area is 129 Å². The van der Waals surface area contributed by atoms with Crippen molar-refractivity contribution in [1.29, 1.82) is 0 Å². The van der Waals surface area contributed by atoms with Gasteiger partial charge in [0.1, 0.15) is 12.0 Å². The highest BCUT2D eigenvalue weighted by molar-refractivity contribution is 7.98. The van der Waals surface area contributed by atoms with Crippen molar-refractivity contribution in [3.05, 3.63) is 51.8 Å². The van der Waals surface area contributed by atoms with Gasteiger partial charge in [0.05, 0.1) is 10.7 Å². The minimum Gasteiger partial charge on any atom is -0.309 e. The fraction of sp³-hybridized carbons (Fsp3) is 0.231. The molecule has 0 aliphatic carbocycles. The van der Waals surface area contributed by atoms with Gasteiger partial charge in [-0.1, -0.05) is 23.4 Å². The SMILES string of the molecule is CCn1cnnc1SCc1cc(=O)n2cc(Cl)ccc2n1. The molecule has 0 amide bonds. The summed E-state index contributed by atoms with van der Waals surface area (Å²) in [4.78, 5) is 16.5. The number of hydrogen-bond acceptors (Lipinski definition) is 5. The Bertz CT molecular complexity index is 844. The van der Waals surface area contributed by atoms with E-state index in [1.807, 2.05) is 11.5 Å². The Morgan fingerprint density at radius 1 is 1.38 bits per heavy atom. The largest absolute Gasteiger partial charge is 0.309 e. The smallest absolute Gasteiger partial charge is 0.258 e. The minimum atomic E-state index is -0.143. The second kappa shape index (κ2) is 5.87. The van der Waals surface area contributed by atoms with Gasteiger partial charge in [-0.3, -0.25) is 9.20 Å². The molecule has 0 bridgehead atoms. The zero-order valence-electron chi connectivity index (χ0n) is 11.2. The van der Waals surface area contributed by atoms with Gasteiger partial charge in [0.25, 0.3) is 5.56 Å². The molecule has 0 aromatic carbocycles. The van der Waals surface area contributed by atoms with Crippen molar-refractivity contribution < 1.29 is 0 Å². The molecule has 108 valence electrons. The van der Waals surface area contributed by atoms with Crippen LogP contribution in [0.3, 0.4) is 0 Å². The Hall–Kier alpha value is -1.86. The highest BCUT2D eigenvalue weighted by Crippen LogP contribution is 2.19. The summed E-state index contributed by atoms with van der Waals surface area (Å²) >= 11 is 7.39. The summed E-state index contributed by atoms with van der Waals surface area (Å²) in [5.41, 5.74) is 1.15. The molecule has 3 aromatic rings. The molecular formula is C13H12ClN5OS. The second-order valence-electron chi connectivity index (χ2n) is 4.35. The lowest BCUT2D eigenvalue weighted by Crippen LogP contribution is -2.15. The fourth-order valence-electron chi connectivity index (χ4n) is 1.91. The lowest BCUT2D eigenvalue weighted by Gasteiger charge is -2.05. The minimum absolute atomic E-state index is 0.143. The summed E-state index contributed by atoms with van der Waals surface area (Å²) in [6.07, 6.45) is 3.25. The summed E-state index contributed by atoms with van der Waals surface area (Å²) in [6, 6.07) is 4.96. The first kappa shape index (κ1) is 14.1. The number of halogens is 1. The van der Waals surface area contributed by atoms with Crippen LogP contribution in [0.4, 0.5) is 0 Å². The van der Waals surface area contributed by atoms with Gasteiger partial charge < -0.3 is 4.57 Å². The summed E-state index contributed by atoms with van der Waals surface area (Å²) < 4.78 is 3.38. The third-order valence-corrected chi connectivity index (χ3v) is 4.18. The number of aryl methyl sites for hydroxylation is 1. The number of fused-ring (bicyclic) bond motifs is 1. The lowest BCUT2D eigenvalue weighted by molar-refractivity contribution is 0.681. The van der Waals surface area contributed by atoms with E-state index in [-0.39, 0.29) is 5.56 Å². The maximum absolute atomic E-state index is 12.1. The first-order valence-corrected chi connectivity index (χ1v) is 7.72. The highest BCUT2D eigenvalue weighted by atomic mass is 35.5. The first-order chi connectivity index (χ1) is 10.2. The summed E-state index contributed by atoms with van der Waals surface area (Å²) in [5.74, 6) is 0.563. The molecule has 0 spiro atoms. The van der Waals surface area contributed by atoms with Crippen LogP contribution >= 0.6 is 23.4 Å². The Morgan fingerprint density at radius 2 is 2.24 bits per heavy atom. The topological polar surface area (TPSA) is 65.1 Å². The molecule has 0 fully saturated rings. The highest BCUT2D eigenvalue weighted by Gasteiger charge is 2.07. The van der Waals surface area contributed by atoms with Crippen LogP contribution in [0, 0.1) is 0 Å². The zero-order valence-corrected chi connectivity index (χ0v) is 12.8. The van der Waals surface area contributed by atoms with Gasteiger partial charge in [0, 0.05) is 24.6 Å². The van der Waals surface area contributed by atoms with Crippen LogP contribution in [-0.2, 0) is 12.3 Å². The van der Waals surface area contributed by atoms with Gasteiger partial charge in [-0.25, -0.2) is 4.98 Å². The van der Waals surface area contributed by atoms with Crippen molar-refractivity contribution in [3.8, 4) is 0 Å². The molecule has 3 heterocycles. The lowest BCUT2D eigenvalue weighted by atomic mass is 10.4. The van der Waals surface area contributed by atoms with E-state index in [0.717, 1.165) is 11.7 Å². The van der Waals surface area contributed by atoms with Crippen molar-refractivity contribution in [2.75, 3.05) is 0 Å². The van der Waals surface area contributed by atoms with Gasteiger partial charge in [0.2, 0.25) is 0 Å². The molecule has 6 nitrogen and oxygen atoms in total. The van der Waals surface area contributed by atoms with Gasteiger partial charge in [-0.15, -0.1) is 10.2 Å². The van der Waals surface area contributed by atoms with Crippen LogP contribution in [0.25, 0.3) is 5.65 Å². The molecular weight excluding hydrogens is 310 g/mol. The Balaban J connectivity index is 1.88. The van der Waals surface area contributed by atoms with E-state index < -0.39 is 0 Å². The number of thioether (sulfide) groups is 1. The summed E-state index contributed by atoms with van der Waals surface area (Å²) in [5, 5.41) is 9.24. The van der Waals surface area contributed by atoms with E-state index in [4.69, 9.17) is 11.6 Å². The standard InChI is InChI=1S/C13H12ClN5OS/c1-2-18-8-15-17-13(18)21-7-10-5-12(20)19-6-9(14)3-4-11(19)16-10/h3-6,8H,2,7H2,1H3. The predicted molar refractivity (Wildman–Crippen MR) is 81.7 cm³/mol. The average Bonchev–Trinajstić information content (AvgIpc) is 2.93. The van der Waals surface area contributed by atoms with Gasteiger partial charge in [0.15, 0.2) is 5.16 Å². The van der Waals surface area contributed by atoms with Crippen LogP contribution in [0.5, 0.6) is 0 Å². The monoisotopic (exact) mass is 321 g/mol. The van der Waals surface area contributed by atoms with Crippen molar-refractivity contribution >= 4 is 29.0 Å². The van der Waals surface area contributed by atoms with Crippen LogP contribution in [0.2, 0.25) is 5.02 Å². The van der Waals surface area contributed by atoms with Gasteiger partial charge >= 0.3 is 0 Å². The molecule has 0 saturated heterocycles. The van der Waals surface area contributed by atoms with Crippen LogP contribution < -0.4 is 5.56 Å². The molecule has 0 aliphatic rings. The molecule has 0 N–H and O–H groups in total. The first-order valence-electron chi connectivity index (χ1n) is 6.36. The van der Waals surface area contributed by atoms with Crippen molar-refractivity contribution in [1.82, 2.24) is 24.1 Å². The van der Waals surface area contributed by atoms with Gasteiger partial charge in [-0.05, 0) is 19.1 Å². The van der Waals surface area contributed by atoms with Crippen molar-refractivity contribution in [2.24, 2.45) is 0 Å². The molecule has 3 aromatic heterocycles. The Morgan fingerprint density at radius 3 is 3.05 bits per heavy atom. The predicted octanol–water partition coefficient (Wildman–Crippen LogP) is 2.25. The Kier molecular flexibility index (Phi) is 3.94. The average molecular weight is 322 g/mol. The maximum Gasteiger partial charge on any atom is 0.258 e. The van der Waals surface area contributed by atoms with Crippen LogP contribution in [-0.4, -0.2) is 24.1 Å². The zero-order chi connectivity index (χ0) is 14.8. The third kappa shape index (κ3) is 2.93. The molecule has 8 heteroatoms. The van der Waals surface area contributed by atoms with Crippen LogP contribution in [0.1, 0.15) is 12.6 Å². The molecule has 0 radical (unpaired) electrons. The van der Waals surface area contributed by atoms with E-state index >= 15 is 0 Å². The van der Waals surface area contributed by atoms with E-state index in [9.17, 15) is 4.79 Å². The number of hydrogen-bond donors (Lipinski definition) is 0. The molecule has 0 saturated carbocycles. The summed E-state index contributed by atoms with van der Waals surface area (Å²) in [7, 11) is 0. The molecule has 3 rings (SSSR count). The maximum atomic E-state index is 12.1. The quantitative estimate of drug-likeness (QED) is 0.690. The number of aromatic nitrogens is 5. The number of pyridine rings is 1. The van der Waals surface area contributed by atoms with E-state index in [0.29, 0.717) is 22.1 Å². The second-order valence-corrected chi connectivity index (χ2v) is 5.73. The van der Waals surface area contributed by atoms with E-state index in [1.54, 1.807) is 24.7 Å². The summed E-state index contributed by atoms with van der Waals surface area (Å²) in [6.45, 7) is 2.83. The molecule has 0 unspecified atom stereocenters. The molecule has 0 aliphatic heterocycles. The third-order valence-electron chi connectivity index (χ3n) is 2.95. The van der Waals surface area contributed by atoms with E-state index in [2.05, 4.69) is 15.2 Å². The number of nitrogens with zero attached hydrogens (tertiary/aromatic N) is 5. The molecule has 0 atom stereocenters. The number of rotatable bonds is 4. The normalized spacial score (nSPS) is 11.1. The van der Waals surface area contributed by atoms with Crippen LogP contribution in [0.15, 0.2) is 40.7 Å².